The molecule has 1 N–H and O–H groups in total. The van der Waals surface area contributed by atoms with Crippen molar-refractivity contribution in [3.05, 3.63) is 53.9 Å². The number of carboxylic acid groups (broad SMARTS) is 1. The van der Waals surface area contributed by atoms with Crippen molar-refractivity contribution in [1.82, 2.24) is 4.98 Å². The molecule has 0 unspecified atom stereocenters. The Labute approximate surface area is 147 Å². The second-order valence-electron chi connectivity index (χ2n) is 6.72. The number of aromatic nitrogens is 1. The molecule has 0 aliphatic heterocycles. The van der Waals surface area contributed by atoms with Crippen LogP contribution in [0.5, 0.6) is 5.75 Å². The normalized spacial score (nSPS) is 11.0. The summed E-state index contributed by atoms with van der Waals surface area (Å²) in [5, 5.41) is 8.60. The molecule has 0 fully saturated rings. The lowest BCUT2D eigenvalue weighted by Crippen LogP contribution is -2.27. The largest absolute Gasteiger partial charge is 0.482 e. The first-order valence-corrected chi connectivity index (χ1v) is 7.88. The third kappa shape index (κ3) is 4.79. The number of benzene rings is 1. The standard InChI is InChI=1S/C19H22N2O4/c1-19(2,3)13-5-10-16(20-11-13)18(24)21(4)14-6-8-15(9-7-14)25-12-17(22)23/h5-11H,12H2,1-4H3,(H,22,23). The third-order valence-electron chi connectivity index (χ3n) is 3.74. The van der Waals surface area contributed by atoms with Crippen LogP contribution in [0, 0.1) is 0 Å². The van der Waals surface area contributed by atoms with E-state index in [0.717, 1.165) is 5.56 Å². The van der Waals surface area contributed by atoms with Crippen LogP contribution in [0.15, 0.2) is 42.6 Å². The highest BCUT2D eigenvalue weighted by atomic mass is 16.5. The van der Waals surface area contributed by atoms with Gasteiger partial charge >= 0.3 is 5.97 Å². The fraction of sp³-hybridized carbons (Fsp3) is 0.316. The van der Waals surface area contributed by atoms with Crippen LogP contribution in [0.25, 0.3) is 0 Å². The average molecular weight is 342 g/mol. The van der Waals surface area contributed by atoms with Crippen LogP contribution in [0.4, 0.5) is 5.69 Å². The summed E-state index contributed by atoms with van der Waals surface area (Å²) in [6.07, 6.45) is 1.73. The van der Waals surface area contributed by atoms with E-state index in [1.54, 1.807) is 43.6 Å². The summed E-state index contributed by atoms with van der Waals surface area (Å²) in [4.78, 5) is 28.8. The number of amides is 1. The first kappa shape index (κ1) is 18.4. The summed E-state index contributed by atoms with van der Waals surface area (Å²) < 4.78 is 5.08. The molecule has 1 heterocycles. The van der Waals surface area contributed by atoms with Gasteiger partial charge in [0.1, 0.15) is 11.4 Å². The monoisotopic (exact) mass is 342 g/mol. The quantitative estimate of drug-likeness (QED) is 0.903. The van der Waals surface area contributed by atoms with Gasteiger partial charge in [-0.25, -0.2) is 4.79 Å². The van der Waals surface area contributed by atoms with E-state index in [9.17, 15) is 9.59 Å². The van der Waals surface area contributed by atoms with Gasteiger partial charge in [-0.05, 0) is 41.3 Å². The van der Waals surface area contributed by atoms with Crippen LogP contribution in [0.1, 0.15) is 36.8 Å². The zero-order valence-electron chi connectivity index (χ0n) is 14.8. The van der Waals surface area contributed by atoms with E-state index >= 15 is 0 Å². The van der Waals surface area contributed by atoms with Gasteiger partial charge in [-0.2, -0.15) is 0 Å². The molecular weight excluding hydrogens is 320 g/mol. The number of rotatable bonds is 5. The molecule has 25 heavy (non-hydrogen) atoms. The van der Waals surface area contributed by atoms with Crippen molar-refractivity contribution in [3.63, 3.8) is 0 Å². The van der Waals surface area contributed by atoms with E-state index < -0.39 is 12.6 Å². The number of hydrogen-bond acceptors (Lipinski definition) is 4. The second-order valence-corrected chi connectivity index (χ2v) is 6.72. The molecule has 0 aliphatic carbocycles. The van der Waals surface area contributed by atoms with Gasteiger partial charge < -0.3 is 14.7 Å². The van der Waals surface area contributed by atoms with Gasteiger partial charge in [0, 0.05) is 18.9 Å². The van der Waals surface area contributed by atoms with Gasteiger partial charge in [-0.1, -0.05) is 26.8 Å². The molecule has 1 aromatic carbocycles. The van der Waals surface area contributed by atoms with Gasteiger partial charge in [0.25, 0.3) is 5.91 Å². The first-order valence-electron chi connectivity index (χ1n) is 7.88. The third-order valence-corrected chi connectivity index (χ3v) is 3.74. The number of carbonyl (C=O) groups excluding carboxylic acids is 1. The summed E-state index contributed by atoms with van der Waals surface area (Å²) >= 11 is 0. The summed E-state index contributed by atoms with van der Waals surface area (Å²) in [6, 6.07) is 10.3. The maximum Gasteiger partial charge on any atom is 0.341 e. The Bertz CT molecular complexity index is 746. The Kier molecular flexibility index (Phi) is 5.41. The Morgan fingerprint density at radius 2 is 1.76 bits per heavy atom. The lowest BCUT2D eigenvalue weighted by molar-refractivity contribution is -0.139. The zero-order chi connectivity index (χ0) is 18.6. The molecule has 0 atom stereocenters. The van der Waals surface area contributed by atoms with Crippen LogP contribution in [-0.4, -0.2) is 35.6 Å². The van der Waals surface area contributed by atoms with Gasteiger partial charge in [-0.3, -0.25) is 9.78 Å². The molecule has 2 aromatic rings. The van der Waals surface area contributed by atoms with Gasteiger partial charge in [0.05, 0.1) is 0 Å². The first-order chi connectivity index (χ1) is 11.7. The number of aliphatic carboxylic acids is 1. The Morgan fingerprint density at radius 3 is 2.24 bits per heavy atom. The average Bonchev–Trinajstić information content (AvgIpc) is 2.58. The molecule has 6 heteroatoms. The number of nitrogens with zero attached hydrogens (tertiary/aromatic N) is 2. The van der Waals surface area contributed by atoms with E-state index in [1.807, 2.05) is 6.07 Å². The molecule has 2 rings (SSSR count). The molecule has 0 saturated carbocycles. The molecule has 0 spiro atoms. The number of carbonyl (C=O) groups is 2. The van der Waals surface area contributed by atoms with E-state index in [2.05, 4.69) is 25.8 Å². The Balaban J connectivity index is 2.10. The zero-order valence-corrected chi connectivity index (χ0v) is 14.8. The maximum atomic E-state index is 12.6. The van der Waals surface area contributed by atoms with Crippen LogP contribution < -0.4 is 9.64 Å². The second kappa shape index (κ2) is 7.34. The van der Waals surface area contributed by atoms with Crippen LogP contribution in [0.2, 0.25) is 0 Å². The Morgan fingerprint density at radius 1 is 1.12 bits per heavy atom. The highest BCUT2D eigenvalue weighted by Gasteiger charge is 2.18. The van der Waals surface area contributed by atoms with Crippen LogP contribution >= 0.6 is 0 Å². The molecule has 0 saturated heterocycles. The van der Waals surface area contributed by atoms with Crippen LogP contribution in [-0.2, 0) is 10.2 Å². The number of pyridine rings is 1. The van der Waals surface area contributed by atoms with Gasteiger partial charge in [0.2, 0.25) is 0 Å². The SMILES string of the molecule is CN(C(=O)c1ccc(C(C)(C)C)cn1)c1ccc(OCC(=O)O)cc1. The van der Waals surface area contributed by atoms with Crippen molar-refractivity contribution in [2.75, 3.05) is 18.6 Å². The summed E-state index contributed by atoms with van der Waals surface area (Å²) in [6.45, 7) is 5.86. The van der Waals surface area contributed by atoms with E-state index in [1.165, 1.54) is 4.90 Å². The molecule has 0 radical (unpaired) electrons. The summed E-state index contributed by atoms with van der Waals surface area (Å²) in [5.41, 5.74) is 2.06. The van der Waals surface area contributed by atoms with Crippen LogP contribution in [0.3, 0.4) is 0 Å². The molecule has 1 amide bonds. The minimum atomic E-state index is -1.04. The molecule has 0 bridgehead atoms. The van der Waals surface area contributed by atoms with Crippen molar-refractivity contribution in [2.45, 2.75) is 26.2 Å². The number of ether oxygens (including phenoxy) is 1. The highest BCUT2D eigenvalue weighted by molar-refractivity contribution is 6.04. The highest BCUT2D eigenvalue weighted by Crippen LogP contribution is 2.23. The minimum Gasteiger partial charge on any atom is -0.482 e. The summed E-state index contributed by atoms with van der Waals surface area (Å²) in [5.74, 6) is -0.833. The molecule has 132 valence electrons. The van der Waals surface area contributed by atoms with Crippen molar-refractivity contribution >= 4 is 17.6 Å². The molecule has 6 nitrogen and oxygen atoms in total. The lowest BCUT2D eigenvalue weighted by atomic mass is 9.88. The maximum absolute atomic E-state index is 12.6. The molecule has 1 aromatic heterocycles. The lowest BCUT2D eigenvalue weighted by Gasteiger charge is -2.20. The predicted octanol–water partition coefficient (Wildman–Crippen LogP) is 3.12. The van der Waals surface area contributed by atoms with E-state index in [4.69, 9.17) is 9.84 Å². The van der Waals surface area contributed by atoms with Gasteiger partial charge in [-0.15, -0.1) is 0 Å². The fourth-order valence-electron chi connectivity index (χ4n) is 2.16. The van der Waals surface area contributed by atoms with Crippen molar-refractivity contribution in [1.29, 1.82) is 0 Å². The topological polar surface area (TPSA) is 79.7 Å². The number of anilines is 1. The molecular formula is C19H22N2O4. The predicted molar refractivity (Wildman–Crippen MR) is 95.2 cm³/mol. The minimum absolute atomic E-state index is 0.0216. The van der Waals surface area contributed by atoms with E-state index in [0.29, 0.717) is 17.1 Å². The molecule has 0 aliphatic rings. The number of hydrogen-bond donors (Lipinski definition) is 1. The number of carboxylic acids is 1. The smallest absolute Gasteiger partial charge is 0.341 e. The fourth-order valence-corrected chi connectivity index (χ4v) is 2.16. The van der Waals surface area contributed by atoms with Crippen molar-refractivity contribution in [2.24, 2.45) is 0 Å². The van der Waals surface area contributed by atoms with E-state index in [-0.39, 0.29) is 11.3 Å². The van der Waals surface area contributed by atoms with Crippen molar-refractivity contribution < 1.29 is 19.4 Å². The van der Waals surface area contributed by atoms with Crippen molar-refractivity contribution in [3.8, 4) is 5.75 Å². The van der Waals surface area contributed by atoms with Gasteiger partial charge in [0.15, 0.2) is 6.61 Å². The Hall–Kier alpha value is -2.89. The summed E-state index contributed by atoms with van der Waals surface area (Å²) in [7, 11) is 1.66.